The standard InChI is InChI=1S/C24H18ClIN2O3S/c1-30-18-9-7-17(8-10-18)27-24-28-23(29)22(32-24)13-15-6-11-21(20(26)12-15)31-14-16-4-2-3-5-19(16)25/h2-13H,14H2,1H3,(H,27,28,29)/b22-13+. The molecule has 1 fully saturated rings. The minimum Gasteiger partial charge on any atom is -0.497 e. The Balaban J connectivity index is 1.45. The van der Waals surface area contributed by atoms with Crippen LogP contribution in [0.4, 0.5) is 5.69 Å². The Hall–Kier alpha value is -2.49. The van der Waals surface area contributed by atoms with Crippen LogP contribution in [-0.4, -0.2) is 18.2 Å². The van der Waals surface area contributed by atoms with Crippen LogP contribution in [0.3, 0.4) is 0 Å². The second-order valence-corrected chi connectivity index (χ2v) is 9.35. The summed E-state index contributed by atoms with van der Waals surface area (Å²) in [4.78, 5) is 17.5. The number of methoxy groups -OCH3 is 1. The molecular formula is C24H18ClIN2O3S. The number of carbonyl (C=O) groups excluding carboxylic acids is 1. The second kappa shape index (κ2) is 10.4. The molecule has 3 aromatic carbocycles. The molecule has 3 aromatic rings. The molecule has 0 atom stereocenters. The van der Waals surface area contributed by atoms with Gasteiger partial charge in [0.1, 0.15) is 18.1 Å². The van der Waals surface area contributed by atoms with Crippen molar-refractivity contribution in [3.8, 4) is 11.5 Å². The number of benzene rings is 3. The molecule has 0 aliphatic carbocycles. The number of amides is 1. The third-order valence-corrected chi connectivity index (χ3v) is 6.67. The van der Waals surface area contributed by atoms with E-state index in [2.05, 4.69) is 32.9 Å². The highest BCUT2D eigenvalue weighted by Crippen LogP contribution is 2.30. The molecule has 0 saturated carbocycles. The number of halogens is 2. The van der Waals surface area contributed by atoms with Crippen LogP contribution in [0.5, 0.6) is 11.5 Å². The summed E-state index contributed by atoms with van der Waals surface area (Å²) >= 11 is 9.73. The fraction of sp³-hybridized carbons (Fsp3) is 0.0833. The lowest BCUT2D eigenvalue weighted by Gasteiger charge is -2.10. The lowest BCUT2D eigenvalue weighted by molar-refractivity contribution is -0.115. The van der Waals surface area contributed by atoms with Gasteiger partial charge in [-0.2, -0.15) is 0 Å². The van der Waals surface area contributed by atoms with E-state index in [1.807, 2.05) is 72.8 Å². The molecule has 1 aliphatic rings. The fourth-order valence-electron chi connectivity index (χ4n) is 2.90. The first-order valence-corrected chi connectivity index (χ1v) is 11.9. The highest BCUT2D eigenvalue weighted by atomic mass is 127. The van der Waals surface area contributed by atoms with Crippen LogP contribution in [0, 0.1) is 3.57 Å². The van der Waals surface area contributed by atoms with Crippen molar-refractivity contribution in [3.63, 3.8) is 0 Å². The van der Waals surface area contributed by atoms with E-state index in [9.17, 15) is 4.79 Å². The maximum absolute atomic E-state index is 12.4. The minimum absolute atomic E-state index is 0.170. The van der Waals surface area contributed by atoms with Crippen LogP contribution in [0.2, 0.25) is 5.02 Å². The lowest BCUT2D eigenvalue weighted by atomic mass is 10.2. The quantitative estimate of drug-likeness (QED) is 0.272. The van der Waals surface area contributed by atoms with E-state index in [1.54, 1.807) is 7.11 Å². The van der Waals surface area contributed by atoms with Crippen molar-refractivity contribution in [2.45, 2.75) is 6.61 Å². The third kappa shape index (κ3) is 5.65. The first kappa shape index (κ1) is 22.7. The number of aliphatic imine (C=N–C) groups is 1. The molecule has 1 amide bonds. The van der Waals surface area contributed by atoms with E-state index in [0.29, 0.717) is 21.7 Å². The third-order valence-electron chi connectivity index (χ3n) is 4.55. The van der Waals surface area contributed by atoms with E-state index < -0.39 is 0 Å². The molecule has 0 bridgehead atoms. The van der Waals surface area contributed by atoms with Gasteiger partial charge in [0.2, 0.25) is 0 Å². The van der Waals surface area contributed by atoms with Gasteiger partial charge in [-0.15, -0.1) is 0 Å². The van der Waals surface area contributed by atoms with Gasteiger partial charge in [-0.05, 0) is 88.5 Å². The topological polar surface area (TPSA) is 59.9 Å². The summed E-state index contributed by atoms with van der Waals surface area (Å²) in [7, 11) is 1.61. The van der Waals surface area contributed by atoms with Crippen LogP contribution in [0.25, 0.3) is 6.08 Å². The highest BCUT2D eigenvalue weighted by molar-refractivity contribution is 14.1. The van der Waals surface area contributed by atoms with Gasteiger partial charge in [0.25, 0.3) is 5.91 Å². The molecule has 0 radical (unpaired) electrons. The molecule has 32 heavy (non-hydrogen) atoms. The van der Waals surface area contributed by atoms with E-state index in [4.69, 9.17) is 21.1 Å². The maximum Gasteiger partial charge on any atom is 0.264 e. The second-order valence-electron chi connectivity index (χ2n) is 6.75. The molecule has 1 saturated heterocycles. The van der Waals surface area contributed by atoms with E-state index in [-0.39, 0.29) is 5.91 Å². The Bertz CT molecular complexity index is 1210. The summed E-state index contributed by atoms with van der Waals surface area (Å²) in [5, 5.41) is 4.03. The molecule has 1 aliphatic heterocycles. The number of hydrogen-bond donors (Lipinski definition) is 1. The number of amidine groups is 1. The summed E-state index contributed by atoms with van der Waals surface area (Å²) < 4.78 is 12.0. The Morgan fingerprint density at radius 2 is 1.91 bits per heavy atom. The van der Waals surface area contributed by atoms with Crippen molar-refractivity contribution >= 4 is 68.8 Å². The number of thioether (sulfide) groups is 1. The van der Waals surface area contributed by atoms with Crippen LogP contribution in [0.15, 0.2) is 76.6 Å². The molecule has 0 aromatic heterocycles. The smallest absolute Gasteiger partial charge is 0.264 e. The van der Waals surface area contributed by atoms with Crippen molar-refractivity contribution in [2.75, 3.05) is 7.11 Å². The molecule has 8 heteroatoms. The van der Waals surface area contributed by atoms with Crippen molar-refractivity contribution in [1.82, 2.24) is 5.32 Å². The molecule has 4 rings (SSSR count). The molecular weight excluding hydrogens is 559 g/mol. The van der Waals surface area contributed by atoms with Gasteiger partial charge in [0.15, 0.2) is 5.17 Å². The summed E-state index contributed by atoms with van der Waals surface area (Å²) in [5.41, 5.74) is 2.58. The van der Waals surface area contributed by atoms with Crippen molar-refractivity contribution < 1.29 is 14.3 Å². The van der Waals surface area contributed by atoms with Crippen LogP contribution >= 0.6 is 46.0 Å². The summed E-state index contributed by atoms with van der Waals surface area (Å²) in [6.07, 6.45) is 1.84. The van der Waals surface area contributed by atoms with Crippen LogP contribution in [-0.2, 0) is 11.4 Å². The first-order chi connectivity index (χ1) is 15.5. The van der Waals surface area contributed by atoms with Crippen molar-refractivity contribution in [2.24, 2.45) is 4.99 Å². The number of nitrogens with one attached hydrogen (secondary N) is 1. The van der Waals surface area contributed by atoms with Crippen LogP contribution < -0.4 is 14.8 Å². The molecule has 0 spiro atoms. The van der Waals surface area contributed by atoms with Crippen LogP contribution in [0.1, 0.15) is 11.1 Å². The molecule has 1 N–H and O–H groups in total. The number of nitrogens with zero attached hydrogens (tertiary/aromatic N) is 1. The Morgan fingerprint density at radius 3 is 2.62 bits per heavy atom. The van der Waals surface area contributed by atoms with E-state index in [1.165, 1.54) is 11.8 Å². The monoisotopic (exact) mass is 576 g/mol. The normalized spacial score (nSPS) is 15.8. The van der Waals surface area contributed by atoms with Crippen molar-refractivity contribution in [3.05, 3.63) is 91.4 Å². The molecule has 0 unspecified atom stereocenters. The molecule has 1 heterocycles. The average molecular weight is 577 g/mol. The Morgan fingerprint density at radius 1 is 1.12 bits per heavy atom. The summed E-state index contributed by atoms with van der Waals surface area (Å²) in [5.74, 6) is 1.35. The van der Waals surface area contributed by atoms with E-state index >= 15 is 0 Å². The van der Waals surface area contributed by atoms with Gasteiger partial charge >= 0.3 is 0 Å². The summed E-state index contributed by atoms with van der Waals surface area (Å²) in [6, 6.07) is 20.7. The number of rotatable bonds is 6. The zero-order valence-electron chi connectivity index (χ0n) is 17.0. The minimum atomic E-state index is -0.170. The largest absolute Gasteiger partial charge is 0.497 e. The molecule has 162 valence electrons. The van der Waals surface area contributed by atoms with Gasteiger partial charge in [0, 0.05) is 10.6 Å². The lowest BCUT2D eigenvalue weighted by Crippen LogP contribution is -2.19. The predicted octanol–water partition coefficient (Wildman–Crippen LogP) is 6.42. The van der Waals surface area contributed by atoms with Gasteiger partial charge in [-0.3, -0.25) is 4.79 Å². The van der Waals surface area contributed by atoms with Gasteiger partial charge < -0.3 is 14.8 Å². The highest BCUT2D eigenvalue weighted by Gasteiger charge is 2.24. The van der Waals surface area contributed by atoms with Gasteiger partial charge in [-0.25, -0.2) is 4.99 Å². The fourth-order valence-corrected chi connectivity index (χ4v) is 4.63. The number of hydrogen-bond acceptors (Lipinski definition) is 5. The van der Waals surface area contributed by atoms with Crippen molar-refractivity contribution in [1.29, 1.82) is 0 Å². The Kier molecular flexibility index (Phi) is 7.39. The average Bonchev–Trinajstić information content (AvgIpc) is 3.13. The number of carbonyl (C=O) groups is 1. The summed E-state index contributed by atoms with van der Waals surface area (Å²) in [6.45, 7) is 0.388. The SMILES string of the molecule is COc1ccc(N=C2NC(=O)/C(=C\c3ccc(OCc4ccccc4Cl)c(I)c3)S2)cc1. The van der Waals surface area contributed by atoms with Gasteiger partial charge in [-0.1, -0.05) is 35.9 Å². The zero-order valence-corrected chi connectivity index (χ0v) is 20.7. The predicted molar refractivity (Wildman–Crippen MR) is 139 cm³/mol. The number of ether oxygens (including phenoxy) is 2. The first-order valence-electron chi connectivity index (χ1n) is 9.61. The maximum atomic E-state index is 12.4. The zero-order chi connectivity index (χ0) is 22.5. The van der Waals surface area contributed by atoms with Gasteiger partial charge in [0.05, 0.1) is 21.3 Å². The van der Waals surface area contributed by atoms with E-state index in [0.717, 1.165) is 31.9 Å². The molecule has 5 nitrogen and oxygen atoms in total. The Labute approximate surface area is 209 Å².